The minimum absolute atomic E-state index is 0.120. The molecule has 1 N–H and O–H groups in total. The van der Waals surface area contributed by atoms with Crippen LogP contribution in [0.5, 0.6) is 0 Å². The van der Waals surface area contributed by atoms with Crippen LogP contribution in [-0.4, -0.2) is 20.7 Å². The number of aryl methyl sites for hydroxylation is 3. The third kappa shape index (κ3) is 2.84. The molecule has 0 radical (unpaired) electrons. The van der Waals surface area contributed by atoms with E-state index in [9.17, 15) is 4.79 Å². The minimum atomic E-state index is -0.120. The SMILES string of the molecule is Cc1cc(NC(=O)c2sc(C(C)C)nc2C)n(C)n1. The average Bonchev–Trinajstić information content (AvgIpc) is 2.83. The second-order valence-electron chi connectivity index (χ2n) is 4.87. The Kier molecular flexibility index (Phi) is 3.71. The molecule has 0 aliphatic carbocycles. The Bertz CT molecular complexity index is 612. The number of carbonyl (C=O) groups excluding carboxylic acids is 1. The molecule has 1 amide bonds. The first-order valence-corrected chi connectivity index (χ1v) is 6.99. The van der Waals surface area contributed by atoms with Gasteiger partial charge in [-0.25, -0.2) is 4.98 Å². The fourth-order valence-corrected chi connectivity index (χ4v) is 2.74. The summed E-state index contributed by atoms with van der Waals surface area (Å²) in [5.74, 6) is 0.912. The lowest BCUT2D eigenvalue weighted by atomic mass is 10.2. The van der Waals surface area contributed by atoms with Crippen LogP contribution in [0, 0.1) is 13.8 Å². The van der Waals surface area contributed by atoms with Crippen molar-refractivity contribution in [3.8, 4) is 0 Å². The van der Waals surface area contributed by atoms with Gasteiger partial charge in [-0.15, -0.1) is 11.3 Å². The zero-order valence-electron chi connectivity index (χ0n) is 11.8. The standard InChI is InChI=1S/C13H18N4OS/c1-7(2)13-14-9(4)11(19-13)12(18)15-10-6-8(3)16-17(10)5/h6-7H,1-5H3,(H,15,18). The van der Waals surface area contributed by atoms with E-state index in [0.717, 1.165) is 16.4 Å². The van der Waals surface area contributed by atoms with Gasteiger partial charge in [0.05, 0.1) is 16.4 Å². The maximum absolute atomic E-state index is 12.3. The lowest BCUT2D eigenvalue weighted by Crippen LogP contribution is -2.14. The summed E-state index contributed by atoms with van der Waals surface area (Å²) in [6.07, 6.45) is 0. The van der Waals surface area contributed by atoms with Gasteiger partial charge in [0, 0.05) is 19.0 Å². The first kappa shape index (κ1) is 13.7. The molecule has 0 saturated carbocycles. The van der Waals surface area contributed by atoms with Gasteiger partial charge in [0.1, 0.15) is 10.7 Å². The van der Waals surface area contributed by atoms with Crippen molar-refractivity contribution in [2.45, 2.75) is 33.6 Å². The van der Waals surface area contributed by atoms with Gasteiger partial charge in [-0.05, 0) is 13.8 Å². The monoisotopic (exact) mass is 278 g/mol. The van der Waals surface area contributed by atoms with Gasteiger partial charge in [0.25, 0.3) is 5.91 Å². The van der Waals surface area contributed by atoms with Crippen LogP contribution in [0.3, 0.4) is 0 Å². The van der Waals surface area contributed by atoms with E-state index in [-0.39, 0.29) is 5.91 Å². The van der Waals surface area contributed by atoms with Gasteiger partial charge < -0.3 is 5.32 Å². The number of aromatic nitrogens is 3. The number of nitrogens with zero attached hydrogens (tertiary/aromatic N) is 3. The van der Waals surface area contributed by atoms with Crippen LogP contribution in [-0.2, 0) is 7.05 Å². The van der Waals surface area contributed by atoms with Crippen LogP contribution in [0.2, 0.25) is 0 Å². The van der Waals surface area contributed by atoms with Crippen molar-refractivity contribution in [1.29, 1.82) is 0 Å². The largest absolute Gasteiger partial charge is 0.306 e. The predicted octanol–water partition coefficient (Wildman–Crippen LogP) is 2.87. The van der Waals surface area contributed by atoms with E-state index in [0.29, 0.717) is 16.6 Å². The van der Waals surface area contributed by atoms with Gasteiger partial charge in [-0.1, -0.05) is 13.8 Å². The van der Waals surface area contributed by atoms with Gasteiger partial charge in [-0.3, -0.25) is 9.48 Å². The summed E-state index contributed by atoms with van der Waals surface area (Å²) in [4.78, 5) is 17.4. The summed E-state index contributed by atoms with van der Waals surface area (Å²) in [7, 11) is 1.81. The summed E-state index contributed by atoms with van der Waals surface area (Å²) < 4.78 is 1.66. The van der Waals surface area contributed by atoms with Gasteiger partial charge >= 0.3 is 0 Å². The maximum atomic E-state index is 12.3. The molecule has 5 nitrogen and oxygen atoms in total. The third-order valence-corrected chi connectivity index (χ3v) is 4.21. The molecule has 2 aromatic rings. The Balaban J connectivity index is 2.23. The highest BCUT2D eigenvalue weighted by molar-refractivity contribution is 7.14. The zero-order valence-corrected chi connectivity index (χ0v) is 12.6. The van der Waals surface area contributed by atoms with E-state index >= 15 is 0 Å². The molecule has 0 aliphatic heterocycles. The van der Waals surface area contributed by atoms with Crippen molar-refractivity contribution in [2.75, 3.05) is 5.32 Å². The second-order valence-corrected chi connectivity index (χ2v) is 5.90. The van der Waals surface area contributed by atoms with Crippen LogP contribution in [0.25, 0.3) is 0 Å². The molecule has 2 aromatic heterocycles. The smallest absolute Gasteiger partial charge is 0.268 e. The molecule has 0 saturated heterocycles. The van der Waals surface area contributed by atoms with E-state index in [4.69, 9.17) is 0 Å². The van der Waals surface area contributed by atoms with Gasteiger partial charge in [0.15, 0.2) is 0 Å². The number of amides is 1. The number of anilines is 1. The van der Waals surface area contributed by atoms with Crippen molar-refractivity contribution >= 4 is 23.1 Å². The summed E-state index contributed by atoms with van der Waals surface area (Å²) in [6.45, 7) is 7.91. The Hall–Kier alpha value is -1.69. The molecular formula is C13H18N4OS. The fourth-order valence-electron chi connectivity index (χ4n) is 1.78. The van der Waals surface area contributed by atoms with E-state index in [1.807, 2.05) is 27.0 Å². The van der Waals surface area contributed by atoms with E-state index < -0.39 is 0 Å². The van der Waals surface area contributed by atoms with Crippen LogP contribution in [0.1, 0.15) is 45.8 Å². The van der Waals surface area contributed by atoms with E-state index in [1.165, 1.54) is 11.3 Å². The molecule has 0 bridgehead atoms. The Morgan fingerprint density at radius 1 is 1.42 bits per heavy atom. The third-order valence-electron chi connectivity index (χ3n) is 2.76. The number of hydrogen-bond acceptors (Lipinski definition) is 4. The Morgan fingerprint density at radius 3 is 2.58 bits per heavy atom. The second kappa shape index (κ2) is 5.13. The van der Waals surface area contributed by atoms with Crippen LogP contribution >= 0.6 is 11.3 Å². The molecule has 0 aromatic carbocycles. The summed E-state index contributed by atoms with van der Waals surface area (Å²) >= 11 is 1.45. The Morgan fingerprint density at radius 2 is 2.11 bits per heavy atom. The van der Waals surface area contributed by atoms with Gasteiger partial charge in [0.2, 0.25) is 0 Å². The lowest BCUT2D eigenvalue weighted by molar-refractivity contribution is 0.102. The van der Waals surface area contributed by atoms with Crippen molar-refractivity contribution in [2.24, 2.45) is 7.05 Å². The fraction of sp³-hybridized carbons (Fsp3) is 0.462. The average molecular weight is 278 g/mol. The summed E-state index contributed by atoms with van der Waals surface area (Å²) in [5.41, 5.74) is 1.66. The molecule has 0 aliphatic rings. The molecule has 0 atom stereocenters. The van der Waals surface area contributed by atoms with Crippen molar-refractivity contribution in [3.05, 3.63) is 27.3 Å². The molecule has 2 rings (SSSR count). The number of nitrogens with one attached hydrogen (secondary N) is 1. The lowest BCUT2D eigenvalue weighted by Gasteiger charge is -2.03. The normalized spacial score (nSPS) is 11.1. The molecule has 2 heterocycles. The molecule has 19 heavy (non-hydrogen) atoms. The molecule has 0 unspecified atom stereocenters. The maximum Gasteiger partial charge on any atom is 0.268 e. The molecule has 0 fully saturated rings. The quantitative estimate of drug-likeness (QED) is 0.939. The van der Waals surface area contributed by atoms with Crippen molar-refractivity contribution in [1.82, 2.24) is 14.8 Å². The number of thiazole rings is 1. The van der Waals surface area contributed by atoms with Crippen LogP contribution in [0.4, 0.5) is 5.82 Å². The highest BCUT2D eigenvalue weighted by atomic mass is 32.1. The molecular weight excluding hydrogens is 260 g/mol. The highest BCUT2D eigenvalue weighted by Gasteiger charge is 2.18. The topological polar surface area (TPSA) is 59.8 Å². The molecule has 102 valence electrons. The molecule has 6 heteroatoms. The van der Waals surface area contributed by atoms with Crippen molar-refractivity contribution in [3.63, 3.8) is 0 Å². The Labute approximate surface area is 116 Å². The summed E-state index contributed by atoms with van der Waals surface area (Å²) in [6, 6.07) is 1.84. The van der Waals surface area contributed by atoms with Crippen LogP contribution in [0.15, 0.2) is 6.07 Å². The number of rotatable bonds is 3. The van der Waals surface area contributed by atoms with Crippen LogP contribution < -0.4 is 5.32 Å². The van der Waals surface area contributed by atoms with E-state index in [1.54, 1.807) is 4.68 Å². The zero-order chi connectivity index (χ0) is 14.2. The first-order chi connectivity index (χ1) is 8.88. The number of hydrogen-bond donors (Lipinski definition) is 1. The summed E-state index contributed by atoms with van der Waals surface area (Å²) in [5, 5.41) is 8.07. The predicted molar refractivity (Wildman–Crippen MR) is 76.8 cm³/mol. The molecule has 0 spiro atoms. The van der Waals surface area contributed by atoms with E-state index in [2.05, 4.69) is 29.2 Å². The van der Waals surface area contributed by atoms with Crippen molar-refractivity contribution < 1.29 is 4.79 Å². The minimum Gasteiger partial charge on any atom is -0.306 e. The van der Waals surface area contributed by atoms with Gasteiger partial charge in [-0.2, -0.15) is 5.10 Å². The number of carbonyl (C=O) groups is 1. The first-order valence-electron chi connectivity index (χ1n) is 6.17. The highest BCUT2D eigenvalue weighted by Crippen LogP contribution is 2.25.